The van der Waals surface area contributed by atoms with Crippen molar-refractivity contribution in [2.75, 3.05) is 24.2 Å². The van der Waals surface area contributed by atoms with E-state index in [0.29, 0.717) is 5.82 Å². The van der Waals surface area contributed by atoms with E-state index in [4.69, 9.17) is 22.1 Å². The summed E-state index contributed by atoms with van der Waals surface area (Å²) in [5, 5.41) is 13.1. The summed E-state index contributed by atoms with van der Waals surface area (Å²) in [6.45, 7) is 2.42. The fraction of sp³-hybridized carbons (Fsp3) is 0.333. The highest BCUT2D eigenvalue weighted by atomic mass is 35.5. The van der Waals surface area contributed by atoms with E-state index < -0.39 is 6.10 Å². The first-order valence-corrected chi connectivity index (χ1v) is 7.31. The lowest BCUT2D eigenvalue weighted by Gasteiger charge is -2.17. The van der Waals surface area contributed by atoms with Crippen molar-refractivity contribution in [2.24, 2.45) is 0 Å². The van der Waals surface area contributed by atoms with Crippen molar-refractivity contribution in [1.29, 1.82) is 0 Å². The minimum Gasteiger partial charge on any atom is -0.389 e. The smallest absolute Gasteiger partial charge is 0.223 e. The lowest BCUT2D eigenvalue weighted by molar-refractivity contribution is 0.00241. The molecule has 1 aromatic carbocycles. The molecule has 2 rings (SSSR count). The number of anilines is 2. The van der Waals surface area contributed by atoms with Gasteiger partial charge in [0.15, 0.2) is 0 Å². The predicted octanol–water partition coefficient (Wildman–Crippen LogP) is 2.26. The molecule has 0 spiro atoms. The number of nitrogens with zero attached hydrogens (tertiary/aromatic N) is 2. The number of benzene rings is 1. The molecule has 0 saturated heterocycles. The third-order valence-electron chi connectivity index (χ3n) is 3.04. The fourth-order valence-electron chi connectivity index (χ4n) is 1.88. The summed E-state index contributed by atoms with van der Waals surface area (Å²) in [7, 11) is 0. The molecular weight excluding hydrogens is 304 g/mol. The number of rotatable bonds is 7. The molecule has 0 amide bonds. The SMILES string of the molecule is C[C@H](OC[C@@H](O)CNc1cc(Cl)nc(N)n1)c1ccccc1. The molecule has 22 heavy (non-hydrogen) atoms. The van der Waals surface area contributed by atoms with Gasteiger partial charge in [-0.25, -0.2) is 4.98 Å². The summed E-state index contributed by atoms with van der Waals surface area (Å²) in [5.74, 6) is 0.547. The summed E-state index contributed by atoms with van der Waals surface area (Å²) in [6.07, 6.45) is -0.763. The molecule has 6 nitrogen and oxygen atoms in total. The van der Waals surface area contributed by atoms with Crippen LogP contribution in [0.25, 0.3) is 0 Å². The average Bonchev–Trinajstić information content (AvgIpc) is 2.50. The summed E-state index contributed by atoms with van der Waals surface area (Å²) in [4.78, 5) is 7.73. The van der Waals surface area contributed by atoms with Crippen LogP contribution < -0.4 is 11.1 Å². The van der Waals surface area contributed by atoms with E-state index in [1.165, 1.54) is 6.07 Å². The first kappa shape index (κ1) is 16.5. The van der Waals surface area contributed by atoms with Crippen LogP contribution in [0.5, 0.6) is 0 Å². The Kier molecular flexibility index (Phi) is 5.94. The molecule has 0 aliphatic heterocycles. The van der Waals surface area contributed by atoms with Gasteiger partial charge >= 0.3 is 0 Å². The molecule has 0 unspecified atom stereocenters. The largest absolute Gasteiger partial charge is 0.389 e. The van der Waals surface area contributed by atoms with Gasteiger partial charge in [-0.3, -0.25) is 0 Å². The second kappa shape index (κ2) is 7.93. The standard InChI is InChI=1S/C15H19ClN4O2/c1-10(11-5-3-2-4-6-11)22-9-12(21)8-18-14-7-13(16)19-15(17)20-14/h2-7,10,12,21H,8-9H2,1H3,(H3,17,18,19,20)/t10-,12-/m0/s1. The van der Waals surface area contributed by atoms with Crippen LogP contribution in [0.2, 0.25) is 5.15 Å². The Morgan fingerprint density at radius 2 is 2.05 bits per heavy atom. The molecule has 7 heteroatoms. The Hall–Kier alpha value is -1.89. The summed E-state index contributed by atoms with van der Waals surface area (Å²) in [5.41, 5.74) is 6.56. The van der Waals surface area contributed by atoms with Gasteiger partial charge in [0.2, 0.25) is 5.95 Å². The van der Waals surface area contributed by atoms with E-state index in [-0.39, 0.29) is 30.4 Å². The molecule has 0 radical (unpaired) electrons. The van der Waals surface area contributed by atoms with Crippen molar-refractivity contribution >= 4 is 23.4 Å². The molecule has 0 fully saturated rings. The van der Waals surface area contributed by atoms with Gasteiger partial charge in [-0.15, -0.1) is 0 Å². The van der Waals surface area contributed by atoms with E-state index >= 15 is 0 Å². The second-order valence-corrected chi connectivity index (χ2v) is 5.24. The number of nitrogens with two attached hydrogens (primary N) is 1. The summed E-state index contributed by atoms with van der Waals surface area (Å²) in [6, 6.07) is 11.4. The zero-order valence-corrected chi connectivity index (χ0v) is 13.0. The van der Waals surface area contributed by atoms with Gasteiger partial charge in [-0.1, -0.05) is 41.9 Å². The van der Waals surface area contributed by atoms with Crippen molar-refractivity contribution in [1.82, 2.24) is 9.97 Å². The normalized spacial score (nSPS) is 13.6. The number of halogens is 1. The van der Waals surface area contributed by atoms with E-state index in [2.05, 4.69) is 15.3 Å². The highest BCUT2D eigenvalue weighted by Crippen LogP contribution is 2.16. The van der Waals surface area contributed by atoms with E-state index in [1.54, 1.807) is 0 Å². The number of nitrogens with one attached hydrogen (secondary N) is 1. The topological polar surface area (TPSA) is 93.3 Å². The van der Waals surface area contributed by atoms with Gasteiger partial charge in [-0.05, 0) is 12.5 Å². The van der Waals surface area contributed by atoms with Gasteiger partial charge in [0.05, 0.1) is 18.8 Å². The summed E-state index contributed by atoms with van der Waals surface area (Å²) >= 11 is 5.78. The van der Waals surface area contributed by atoms with Crippen LogP contribution in [-0.4, -0.2) is 34.3 Å². The predicted molar refractivity (Wildman–Crippen MR) is 86.8 cm³/mol. The van der Waals surface area contributed by atoms with Crippen LogP contribution in [0.15, 0.2) is 36.4 Å². The molecule has 0 aliphatic carbocycles. The van der Waals surface area contributed by atoms with Crippen molar-refractivity contribution in [3.8, 4) is 0 Å². The highest BCUT2D eigenvalue weighted by molar-refractivity contribution is 6.29. The van der Waals surface area contributed by atoms with E-state index in [0.717, 1.165) is 5.56 Å². The van der Waals surface area contributed by atoms with Crippen molar-refractivity contribution in [2.45, 2.75) is 19.1 Å². The fourth-order valence-corrected chi connectivity index (χ4v) is 2.07. The minimum absolute atomic E-state index is 0.0819. The molecule has 1 heterocycles. The van der Waals surface area contributed by atoms with Crippen LogP contribution in [-0.2, 0) is 4.74 Å². The van der Waals surface area contributed by atoms with Crippen molar-refractivity contribution in [3.05, 3.63) is 47.1 Å². The van der Waals surface area contributed by atoms with E-state index in [1.807, 2.05) is 37.3 Å². The Morgan fingerprint density at radius 1 is 1.32 bits per heavy atom. The number of nitrogen functional groups attached to an aromatic ring is 1. The maximum Gasteiger partial charge on any atom is 0.223 e. The van der Waals surface area contributed by atoms with Crippen LogP contribution in [0, 0.1) is 0 Å². The number of ether oxygens (including phenoxy) is 1. The number of hydrogen-bond donors (Lipinski definition) is 3. The molecular formula is C15H19ClN4O2. The first-order valence-electron chi connectivity index (χ1n) is 6.93. The minimum atomic E-state index is -0.680. The second-order valence-electron chi connectivity index (χ2n) is 4.86. The lowest BCUT2D eigenvalue weighted by atomic mass is 10.1. The zero-order valence-electron chi connectivity index (χ0n) is 12.2. The molecule has 2 atom stereocenters. The van der Waals surface area contributed by atoms with Crippen LogP contribution in [0.1, 0.15) is 18.6 Å². The van der Waals surface area contributed by atoms with Crippen molar-refractivity contribution < 1.29 is 9.84 Å². The third kappa shape index (κ3) is 5.14. The molecule has 0 saturated carbocycles. The number of aliphatic hydroxyl groups is 1. The Labute approximate surface area is 134 Å². The maximum absolute atomic E-state index is 9.95. The molecule has 118 valence electrons. The number of aromatic nitrogens is 2. The molecule has 2 aromatic rings. The van der Waals surface area contributed by atoms with Crippen LogP contribution >= 0.6 is 11.6 Å². The molecule has 1 aromatic heterocycles. The van der Waals surface area contributed by atoms with Gasteiger partial charge in [0.1, 0.15) is 11.0 Å². The van der Waals surface area contributed by atoms with E-state index in [9.17, 15) is 5.11 Å². The van der Waals surface area contributed by atoms with Gasteiger partial charge in [0, 0.05) is 12.6 Å². The monoisotopic (exact) mass is 322 g/mol. The quantitative estimate of drug-likeness (QED) is 0.677. The Morgan fingerprint density at radius 3 is 2.73 bits per heavy atom. The first-order chi connectivity index (χ1) is 10.5. The van der Waals surface area contributed by atoms with Gasteiger partial charge < -0.3 is 20.9 Å². The molecule has 0 aliphatic rings. The Balaban J connectivity index is 1.77. The van der Waals surface area contributed by atoms with Gasteiger partial charge in [0.25, 0.3) is 0 Å². The van der Waals surface area contributed by atoms with Crippen LogP contribution in [0.3, 0.4) is 0 Å². The highest BCUT2D eigenvalue weighted by Gasteiger charge is 2.10. The van der Waals surface area contributed by atoms with Crippen LogP contribution in [0.4, 0.5) is 11.8 Å². The molecule has 4 N–H and O–H groups in total. The Bertz CT molecular complexity index is 577. The summed E-state index contributed by atoms with van der Waals surface area (Å²) < 4.78 is 5.65. The number of hydrogen-bond acceptors (Lipinski definition) is 6. The molecule has 0 bridgehead atoms. The maximum atomic E-state index is 9.95. The average molecular weight is 323 g/mol. The zero-order chi connectivity index (χ0) is 15.9. The number of aliphatic hydroxyl groups excluding tert-OH is 1. The lowest BCUT2D eigenvalue weighted by Crippen LogP contribution is -2.26. The third-order valence-corrected chi connectivity index (χ3v) is 3.23. The van der Waals surface area contributed by atoms with Gasteiger partial charge in [-0.2, -0.15) is 4.98 Å². The van der Waals surface area contributed by atoms with Crippen molar-refractivity contribution in [3.63, 3.8) is 0 Å².